The van der Waals surface area contributed by atoms with Gasteiger partial charge >= 0.3 is 6.41 Å². The Morgan fingerprint density at radius 1 is 0.652 bits per heavy atom. The van der Waals surface area contributed by atoms with Crippen LogP contribution in [0.2, 0.25) is 0 Å². The Balaban J connectivity index is 1.55. The van der Waals surface area contributed by atoms with E-state index in [1.165, 1.54) is 11.1 Å². The molecule has 2 rings (SSSR count). The normalized spacial score (nSPS) is 10.4. The Morgan fingerprint density at radius 3 is 1.48 bits per heavy atom. The summed E-state index contributed by atoms with van der Waals surface area (Å²) in [5.41, 5.74) is 2.74. The van der Waals surface area contributed by atoms with Crippen molar-refractivity contribution < 1.29 is 4.79 Å². The fraction of sp³-hybridized carbons (Fsp3) is 0.381. The minimum absolute atomic E-state index is 0.821. The van der Waals surface area contributed by atoms with Gasteiger partial charge in [0.1, 0.15) is 0 Å². The highest BCUT2D eigenvalue weighted by atomic mass is 16.1. The standard InChI is InChI=1S/C21H26NO/c23-19-22(17-9-7-15-20-11-3-1-4-12-20)18-10-8-16-21-13-5-2-6-14-21/h1-6,11-14H,7-10,15-18H2. The van der Waals surface area contributed by atoms with Crippen molar-refractivity contribution in [2.24, 2.45) is 0 Å². The number of unbranched alkanes of at least 4 members (excludes halogenated alkanes) is 2. The van der Waals surface area contributed by atoms with E-state index in [1.54, 1.807) is 4.90 Å². The van der Waals surface area contributed by atoms with Crippen LogP contribution in [0.1, 0.15) is 36.8 Å². The number of carbonyl (C=O) groups excluding carboxylic acids is 1. The Hall–Kier alpha value is -2.09. The zero-order chi connectivity index (χ0) is 16.2. The summed E-state index contributed by atoms with van der Waals surface area (Å²) in [7, 11) is 0. The average Bonchev–Trinajstić information content (AvgIpc) is 2.62. The summed E-state index contributed by atoms with van der Waals surface area (Å²) in [5.74, 6) is 0. The Labute approximate surface area is 140 Å². The minimum atomic E-state index is 0.821. The maximum absolute atomic E-state index is 11.0. The van der Waals surface area contributed by atoms with Gasteiger partial charge < -0.3 is 4.90 Å². The third-order valence-electron chi connectivity index (χ3n) is 4.10. The van der Waals surface area contributed by atoms with E-state index in [-0.39, 0.29) is 0 Å². The molecule has 2 nitrogen and oxygen atoms in total. The molecule has 0 unspecified atom stereocenters. The van der Waals surface area contributed by atoms with Gasteiger partial charge in [-0.15, -0.1) is 0 Å². The molecule has 0 spiro atoms. The van der Waals surface area contributed by atoms with E-state index in [1.807, 2.05) is 12.1 Å². The molecule has 0 saturated heterocycles. The molecule has 0 aliphatic rings. The highest BCUT2D eigenvalue weighted by Gasteiger charge is 2.03. The van der Waals surface area contributed by atoms with E-state index in [0.29, 0.717) is 0 Å². The van der Waals surface area contributed by atoms with Gasteiger partial charge in [0.05, 0.1) is 0 Å². The van der Waals surface area contributed by atoms with E-state index < -0.39 is 0 Å². The predicted molar refractivity (Wildman–Crippen MR) is 96.0 cm³/mol. The molecule has 1 amide bonds. The second kappa shape index (κ2) is 10.6. The van der Waals surface area contributed by atoms with Crippen LogP contribution in [0.4, 0.5) is 0 Å². The maximum Gasteiger partial charge on any atom is 0.312 e. The molecule has 1 radical (unpaired) electrons. The van der Waals surface area contributed by atoms with Crippen molar-refractivity contribution in [3.8, 4) is 0 Å². The predicted octanol–water partition coefficient (Wildman–Crippen LogP) is 4.40. The van der Waals surface area contributed by atoms with Gasteiger partial charge in [-0.3, -0.25) is 4.79 Å². The van der Waals surface area contributed by atoms with Crippen molar-refractivity contribution in [3.05, 3.63) is 71.8 Å². The van der Waals surface area contributed by atoms with Gasteiger partial charge in [-0.05, 0) is 49.7 Å². The van der Waals surface area contributed by atoms with Gasteiger partial charge in [0.2, 0.25) is 0 Å². The lowest BCUT2D eigenvalue weighted by molar-refractivity contribution is 0.362. The number of rotatable bonds is 11. The fourth-order valence-corrected chi connectivity index (χ4v) is 2.76. The zero-order valence-electron chi connectivity index (χ0n) is 13.8. The first-order valence-electron chi connectivity index (χ1n) is 8.59. The summed E-state index contributed by atoms with van der Waals surface area (Å²) in [6, 6.07) is 21.0. The summed E-state index contributed by atoms with van der Waals surface area (Å²) in [4.78, 5) is 12.8. The van der Waals surface area contributed by atoms with Crippen LogP contribution in [0, 0.1) is 0 Å². The van der Waals surface area contributed by atoms with Crippen molar-refractivity contribution in [2.45, 2.75) is 38.5 Å². The van der Waals surface area contributed by atoms with Crippen molar-refractivity contribution >= 4 is 6.41 Å². The van der Waals surface area contributed by atoms with Gasteiger partial charge in [-0.2, -0.15) is 0 Å². The lowest BCUT2D eigenvalue weighted by atomic mass is 10.1. The van der Waals surface area contributed by atoms with E-state index in [0.717, 1.165) is 51.6 Å². The molecule has 121 valence electrons. The summed E-state index contributed by atoms with van der Waals surface area (Å²) in [6.45, 7) is 1.64. The van der Waals surface area contributed by atoms with Gasteiger partial charge in [-0.1, -0.05) is 60.7 Å². The van der Waals surface area contributed by atoms with Crippen LogP contribution in [0.25, 0.3) is 0 Å². The minimum Gasteiger partial charge on any atom is -0.334 e. The second-order valence-corrected chi connectivity index (χ2v) is 5.96. The van der Waals surface area contributed by atoms with E-state index >= 15 is 0 Å². The summed E-state index contributed by atoms with van der Waals surface area (Å²) in [6.07, 6.45) is 8.58. The van der Waals surface area contributed by atoms with Crippen LogP contribution in [-0.2, 0) is 17.6 Å². The molecule has 2 aromatic rings. The molecule has 0 N–H and O–H groups in total. The number of benzene rings is 2. The van der Waals surface area contributed by atoms with E-state index in [4.69, 9.17) is 0 Å². The number of nitrogens with zero attached hydrogens (tertiary/aromatic N) is 1. The molecule has 0 aliphatic carbocycles. The molecule has 0 aromatic heterocycles. The van der Waals surface area contributed by atoms with Crippen molar-refractivity contribution in [3.63, 3.8) is 0 Å². The zero-order valence-corrected chi connectivity index (χ0v) is 13.8. The number of amides is 1. The van der Waals surface area contributed by atoms with E-state index in [2.05, 4.69) is 54.9 Å². The van der Waals surface area contributed by atoms with Crippen LogP contribution in [-0.4, -0.2) is 24.4 Å². The van der Waals surface area contributed by atoms with Crippen LogP contribution >= 0.6 is 0 Å². The first-order valence-corrected chi connectivity index (χ1v) is 8.59. The molecule has 23 heavy (non-hydrogen) atoms. The summed E-state index contributed by atoms with van der Waals surface area (Å²) in [5, 5.41) is 0. The van der Waals surface area contributed by atoms with Crippen LogP contribution in [0.3, 0.4) is 0 Å². The highest BCUT2D eigenvalue weighted by Crippen LogP contribution is 2.07. The number of hydrogen-bond donors (Lipinski definition) is 0. The summed E-state index contributed by atoms with van der Waals surface area (Å²) >= 11 is 0. The Morgan fingerprint density at radius 2 is 1.09 bits per heavy atom. The van der Waals surface area contributed by atoms with Gasteiger partial charge in [0, 0.05) is 13.1 Å². The van der Waals surface area contributed by atoms with Gasteiger partial charge in [-0.25, -0.2) is 0 Å². The molecule has 2 heteroatoms. The largest absolute Gasteiger partial charge is 0.334 e. The third kappa shape index (κ3) is 7.14. The third-order valence-corrected chi connectivity index (χ3v) is 4.10. The smallest absolute Gasteiger partial charge is 0.312 e. The van der Waals surface area contributed by atoms with Crippen LogP contribution in [0.5, 0.6) is 0 Å². The van der Waals surface area contributed by atoms with Gasteiger partial charge in [0.15, 0.2) is 0 Å². The van der Waals surface area contributed by atoms with Crippen molar-refractivity contribution in [1.29, 1.82) is 0 Å². The van der Waals surface area contributed by atoms with Crippen molar-refractivity contribution in [2.75, 3.05) is 13.1 Å². The molecule has 0 aliphatic heterocycles. The molecule has 0 atom stereocenters. The second-order valence-electron chi connectivity index (χ2n) is 5.96. The lowest BCUT2D eigenvalue weighted by Gasteiger charge is -2.16. The van der Waals surface area contributed by atoms with Crippen molar-refractivity contribution in [1.82, 2.24) is 4.90 Å². The first-order chi connectivity index (χ1) is 11.4. The monoisotopic (exact) mass is 308 g/mol. The van der Waals surface area contributed by atoms with Crippen LogP contribution < -0.4 is 0 Å². The highest BCUT2D eigenvalue weighted by molar-refractivity contribution is 5.47. The van der Waals surface area contributed by atoms with E-state index in [9.17, 15) is 4.79 Å². The molecular formula is C21H26NO. The average molecular weight is 308 g/mol. The Kier molecular flexibility index (Phi) is 7.96. The first kappa shape index (κ1) is 17.3. The molecule has 0 bridgehead atoms. The number of aryl methyl sites for hydroxylation is 2. The quantitative estimate of drug-likeness (QED) is 0.445. The number of hydrogen-bond acceptors (Lipinski definition) is 1. The molecule has 2 aromatic carbocycles. The van der Waals surface area contributed by atoms with Gasteiger partial charge in [0.25, 0.3) is 0 Å². The fourth-order valence-electron chi connectivity index (χ4n) is 2.76. The topological polar surface area (TPSA) is 20.3 Å². The molecule has 0 heterocycles. The van der Waals surface area contributed by atoms with Crippen LogP contribution in [0.15, 0.2) is 60.7 Å². The SMILES string of the molecule is O=[C]N(CCCCc1ccccc1)CCCCc1ccccc1. The Bertz CT molecular complexity index is 491. The maximum atomic E-state index is 11.0. The molecule has 0 fully saturated rings. The lowest BCUT2D eigenvalue weighted by Crippen LogP contribution is -2.24. The molecule has 0 saturated carbocycles. The molecular weight excluding hydrogens is 282 g/mol. The summed E-state index contributed by atoms with van der Waals surface area (Å²) < 4.78 is 0.